The maximum atomic E-state index is 12.2. The molecule has 3 aromatic carbocycles. The topological polar surface area (TPSA) is 58.2 Å². The van der Waals surface area contributed by atoms with E-state index in [2.05, 4.69) is 10.6 Å². The molecular weight excluding hydrogens is 312 g/mol. The summed E-state index contributed by atoms with van der Waals surface area (Å²) in [5.41, 5.74) is 1.60. The van der Waals surface area contributed by atoms with E-state index in [0.29, 0.717) is 5.56 Å². The van der Waals surface area contributed by atoms with Gasteiger partial charge in [0.15, 0.2) is 0 Å². The second kappa shape index (κ2) is 7.62. The van der Waals surface area contributed by atoms with Crippen LogP contribution in [-0.4, -0.2) is 18.4 Å². The number of nitrogens with one attached hydrogen (secondary N) is 2. The van der Waals surface area contributed by atoms with E-state index < -0.39 is 0 Å². The number of carbonyl (C=O) groups excluding carboxylic acids is 2. The van der Waals surface area contributed by atoms with Crippen molar-refractivity contribution in [3.8, 4) is 0 Å². The summed E-state index contributed by atoms with van der Waals surface area (Å²) in [7, 11) is 0. The minimum absolute atomic E-state index is 0.0527. The fourth-order valence-corrected chi connectivity index (χ4v) is 2.85. The molecule has 0 saturated carbocycles. The van der Waals surface area contributed by atoms with Crippen LogP contribution in [0.1, 0.15) is 28.9 Å². The molecule has 3 rings (SSSR count). The van der Waals surface area contributed by atoms with Crippen LogP contribution in [0.5, 0.6) is 0 Å². The van der Waals surface area contributed by atoms with Crippen molar-refractivity contribution >= 4 is 22.6 Å². The summed E-state index contributed by atoms with van der Waals surface area (Å²) < 4.78 is 0. The predicted octanol–water partition coefficient (Wildman–Crippen LogP) is 3.45. The van der Waals surface area contributed by atoms with Crippen molar-refractivity contribution in [3.63, 3.8) is 0 Å². The first-order chi connectivity index (χ1) is 12.1. The minimum atomic E-state index is -0.256. The lowest BCUT2D eigenvalue weighted by Gasteiger charge is -2.17. The number of carbonyl (C=O) groups is 2. The Morgan fingerprint density at radius 1 is 0.880 bits per heavy atom. The highest BCUT2D eigenvalue weighted by Crippen LogP contribution is 2.23. The Bertz CT molecular complexity index is 885. The largest absolute Gasteiger partial charge is 0.348 e. The van der Waals surface area contributed by atoms with Gasteiger partial charge < -0.3 is 10.6 Å². The first-order valence-electron chi connectivity index (χ1n) is 8.25. The van der Waals surface area contributed by atoms with E-state index in [1.807, 2.05) is 55.5 Å². The molecule has 0 aliphatic rings. The fraction of sp³-hybridized carbons (Fsp3) is 0.143. The van der Waals surface area contributed by atoms with Gasteiger partial charge in [-0.1, -0.05) is 60.7 Å². The van der Waals surface area contributed by atoms with Crippen LogP contribution < -0.4 is 10.6 Å². The lowest BCUT2D eigenvalue weighted by Crippen LogP contribution is -2.38. The molecule has 0 fully saturated rings. The molecule has 126 valence electrons. The zero-order valence-electron chi connectivity index (χ0n) is 14.0. The number of rotatable bonds is 5. The SMILES string of the molecule is CC(NC(=O)CNC(=O)c1ccccc1)c1cccc2ccccc12. The van der Waals surface area contributed by atoms with Crippen molar-refractivity contribution in [1.82, 2.24) is 10.6 Å². The molecule has 0 aromatic heterocycles. The molecule has 1 atom stereocenters. The molecule has 0 aliphatic carbocycles. The summed E-state index contributed by atoms with van der Waals surface area (Å²) in [5.74, 6) is -0.474. The van der Waals surface area contributed by atoms with E-state index in [-0.39, 0.29) is 24.4 Å². The summed E-state index contributed by atoms with van der Waals surface area (Å²) in [6.45, 7) is 1.89. The van der Waals surface area contributed by atoms with Crippen LogP contribution in [0, 0.1) is 0 Å². The van der Waals surface area contributed by atoms with Crippen LogP contribution in [-0.2, 0) is 4.79 Å². The zero-order valence-corrected chi connectivity index (χ0v) is 14.0. The number of benzene rings is 3. The summed E-state index contributed by atoms with van der Waals surface area (Å²) in [4.78, 5) is 24.2. The van der Waals surface area contributed by atoms with Crippen LogP contribution in [0.25, 0.3) is 10.8 Å². The van der Waals surface area contributed by atoms with Gasteiger partial charge in [0, 0.05) is 5.56 Å². The number of fused-ring (bicyclic) bond motifs is 1. The molecule has 2 amide bonds. The quantitative estimate of drug-likeness (QED) is 0.752. The number of hydrogen-bond donors (Lipinski definition) is 2. The predicted molar refractivity (Wildman–Crippen MR) is 99.3 cm³/mol. The van der Waals surface area contributed by atoms with Crippen LogP contribution in [0.15, 0.2) is 72.8 Å². The first kappa shape index (κ1) is 16.7. The van der Waals surface area contributed by atoms with Crippen molar-refractivity contribution in [2.45, 2.75) is 13.0 Å². The van der Waals surface area contributed by atoms with Gasteiger partial charge in [-0.25, -0.2) is 0 Å². The van der Waals surface area contributed by atoms with E-state index in [0.717, 1.165) is 16.3 Å². The number of amides is 2. The Kier molecular flexibility index (Phi) is 5.09. The van der Waals surface area contributed by atoms with Crippen molar-refractivity contribution in [3.05, 3.63) is 83.9 Å². The van der Waals surface area contributed by atoms with Crippen LogP contribution >= 0.6 is 0 Å². The fourth-order valence-electron chi connectivity index (χ4n) is 2.85. The zero-order chi connectivity index (χ0) is 17.6. The van der Waals surface area contributed by atoms with Crippen molar-refractivity contribution < 1.29 is 9.59 Å². The highest BCUT2D eigenvalue weighted by atomic mass is 16.2. The third-order valence-corrected chi connectivity index (χ3v) is 4.11. The molecule has 0 saturated heterocycles. The van der Waals surface area contributed by atoms with Crippen LogP contribution in [0.3, 0.4) is 0 Å². The monoisotopic (exact) mass is 332 g/mol. The molecule has 3 aromatic rings. The number of hydrogen-bond acceptors (Lipinski definition) is 2. The van der Waals surface area contributed by atoms with Gasteiger partial charge in [-0.15, -0.1) is 0 Å². The van der Waals surface area contributed by atoms with Gasteiger partial charge in [-0.05, 0) is 35.4 Å². The Morgan fingerprint density at radius 3 is 2.36 bits per heavy atom. The smallest absolute Gasteiger partial charge is 0.251 e. The van der Waals surface area contributed by atoms with Gasteiger partial charge in [0.05, 0.1) is 12.6 Å². The third kappa shape index (κ3) is 4.04. The Hall–Kier alpha value is -3.14. The second-order valence-electron chi connectivity index (χ2n) is 5.91. The van der Waals surface area contributed by atoms with E-state index in [1.165, 1.54) is 0 Å². The van der Waals surface area contributed by atoms with Crippen LogP contribution in [0.4, 0.5) is 0 Å². The van der Waals surface area contributed by atoms with Gasteiger partial charge >= 0.3 is 0 Å². The van der Waals surface area contributed by atoms with Gasteiger partial charge in [-0.3, -0.25) is 9.59 Å². The maximum absolute atomic E-state index is 12.2. The van der Waals surface area contributed by atoms with Gasteiger partial charge in [-0.2, -0.15) is 0 Å². The Morgan fingerprint density at radius 2 is 1.56 bits per heavy atom. The maximum Gasteiger partial charge on any atom is 0.251 e. The van der Waals surface area contributed by atoms with E-state index in [1.54, 1.807) is 24.3 Å². The summed E-state index contributed by atoms with van der Waals surface area (Å²) in [6.07, 6.45) is 0. The molecule has 2 N–H and O–H groups in total. The van der Waals surface area contributed by atoms with Crippen molar-refractivity contribution in [2.24, 2.45) is 0 Å². The summed E-state index contributed by atoms with van der Waals surface area (Å²) in [6, 6.07) is 22.8. The van der Waals surface area contributed by atoms with Gasteiger partial charge in [0.1, 0.15) is 0 Å². The lowest BCUT2D eigenvalue weighted by atomic mass is 10.00. The Labute approximate surface area is 146 Å². The van der Waals surface area contributed by atoms with Gasteiger partial charge in [0.2, 0.25) is 5.91 Å². The molecule has 0 radical (unpaired) electrons. The second-order valence-corrected chi connectivity index (χ2v) is 5.91. The average molecular weight is 332 g/mol. The molecular formula is C21H20N2O2. The third-order valence-electron chi connectivity index (χ3n) is 4.11. The highest BCUT2D eigenvalue weighted by Gasteiger charge is 2.13. The normalized spacial score (nSPS) is 11.7. The van der Waals surface area contributed by atoms with Crippen molar-refractivity contribution in [1.29, 1.82) is 0 Å². The minimum Gasteiger partial charge on any atom is -0.348 e. The van der Waals surface area contributed by atoms with Crippen molar-refractivity contribution in [2.75, 3.05) is 6.54 Å². The molecule has 0 spiro atoms. The first-order valence-corrected chi connectivity index (χ1v) is 8.25. The molecule has 0 bridgehead atoms. The van der Waals surface area contributed by atoms with Crippen LogP contribution in [0.2, 0.25) is 0 Å². The Balaban J connectivity index is 1.61. The molecule has 0 heterocycles. The van der Waals surface area contributed by atoms with E-state index >= 15 is 0 Å². The van der Waals surface area contributed by atoms with E-state index in [4.69, 9.17) is 0 Å². The highest BCUT2D eigenvalue weighted by molar-refractivity contribution is 5.96. The van der Waals surface area contributed by atoms with E-state index in [9.17, 15) is 9.59 Å². The lowest BCUT2D eigenvalue weighted by molar-refractivity contribution is -0.120. The summed E-state index contributed by atoms with van der Waals surface area (Å²) >= 11 is 0. The molecule has 4 heteroatoms. The molecule has 4 nitrogen and oxygen atoms in total. The summed E-state index contributed by atoms with van der Waals surface area (Å²) in [5, 5.41) is 7.84. The molecule has 1 unspecified atom stereocenters. The standard InChI is InChI=1S/C21H20N2O2/c1-15(18-13-7-11-16-8-5-6-12-19(16)18)23-20(24)14-22-21(25)17-9-3-2-4-10-17/h2-13,15H,14H2,1H3,(H,22,25)(H,23,24). The average Bonchev–Trinajstić information content (AvgIpc) is 2.66. The molecule has 25 heavy (non-hydrogen) atoms. The van der Waals surface area contributed by atoms with Gasteiger partial charge in [0.25, 0.3) is 5.91 Å². The molecule has 0 aliphatic heterocycles.